The van der Waals surface area contributed by atoms with Crippen molar-refractivity contribution in [1.29, 1.82) is 0 Å². The zero-order valence-electron chi connectivity index (χ0n) is 19.8. The lowest BCUT2D eigenvalue weighted by atomic mass is 9.93. The third-order valence-electron chi connectivity index (χ3n) is 5.92. The monoisotopic (exact) mass is 526 g/mol. The Hall–Kier alpha value is -4.71. The van der Waals surface area contributed by atoms with Gasteiger partial charge in [0.05, 0.1) is 11.0 Å². The van der Waals surface area contributed by atoms with Crippen LogP contribution in [0.4, 0.5) is 13.2 Å². The molecule has 0 saturated heterocycles. The number of carboxylic acids is 1. The van der Waals surface area contributed by atoms with E-state index >= 15 is 0 Å². The number of carbonyl (C=O) groups excluding carboxylic acids is 2. The topological polar surface area (TPSA) is 136 Å². The second kappa shape index (κ2) is 9.98. The number of imidazole rings is 1. The highest BCUT2D eigenvalue weighted by atomic mass is 19.4. The van der Waals surface area contributed by atoms with Gasteiger partial charge < -0.3 is 20.5 Å². The van der Waals surface area contributed by atoms with Crippen LogP contribution < -0.4 is 5.32 Å². The van der Waals surface area contributed by atoms with Crippen LogP contribution in [-0.4, -0.2) is 56.1 Å². The Kier molecular flexibility index (Phi) is 6.92. The van der Waals surface area contributed by atoms with E-state index in [9.17, 15) is 27.9 Å². The maximum atomic E-state index is 13.3. The summed E-state index contributed by atoms with van der Waals surface area (Å²) in [5, 5.41) is 21.7. The number of hydrogen-bond donors (Lipinski definition) is 4. The van der Waals surface area contributed by atoms with Crippen molar-refractivity contribution in [3.8, 4) is 0 Å². The molecule has 0 saturated carbocycles. The van der Waals surface area contributed by atoms with Gasteiger partial charge >= 0.3 is 12.1 Å². The van der Waals surface area contributed by atoms with Gasteiger partial charge in [0.25, 0.3) is 11.8 Å². The van der Waals surface area contributed by atoms with Gasteiger partial charge in [-0.15, -0.1) is 0 Å². The highest BCUT2D eigenvalue weighted by Gasteiger charge is 2.49. The van der Waals surface area contributed by atoms with Crippen LogP contribution in [0.2, 0.25) is 0 Å². The molecule has 2 heterocycles. The molecule has 1 atom stereocenters. The van der Waals surface area contributed by atoms with Crippen LogP contribution in [0.3, 0.4) is 0 Å². The number of alkyl halides is 3. The summed E-state index contributed by atoms with van der Waals surface area (Å²) >= 11 is 0. The fourth-order valence-corrected chi connectivity index (χ4v) is 4.13. The van der Waals surface area contributed by atoms with Crippen molar-refractivity contribution in [2.45, 2.75) is 18.4 Å². The molecule has 0 bridgehead atoms. The Balaban J connectivity index is 0.000000426. The molecule has 1 aliphatic rings. The molecule has 12 heteroatoms. The molecule has 0 aliphatic carbocycles. The number of carboxylic acid groups (broad SMARTS) is 1. The fourth-order valence-electron chi connectivity index (χ4n) is 4.13. The number of halogens is 3. The van der Waals surface area contributed by atoms with Gasteiger partial charge in [-0.25, -0.2) is 9.78 Å². The van der Waals surface area contributed by atoms with E-state index < -0.39 is 17.9 Å². The SMILES string of the molecule is CNC(=O)c1nc2ccc(C3(O)c4ccccc4C(=O)N3Cc3ccccc3)cc2[nH]1.O=C(O)C(F)(F)F. The maximum absolute atomic E-state index is 13.3. The van der Waals surface area contributed by atoms with Crippen LogP contribution >= 0.6 is 0 Å². The number of amides is 2. The van der Waals surface area contributed by atoms with Crippen LogP contribution in [0, 0.1) is 0 Å². The summed E-state index contributed by atoms with van der Waals surface area (Å²) < 4.78 is 31.7. The molecule has 196 valence electrons. The Bertz CT molecular complexity index is 1520. The third kappa shape index (κ3) is 4.81. The zero-order chi connectivity index (χ0) is 27.7. The molecular weight excluding hydrogens is 505 g/mol. The van der Waals surface area contributed by atoms with Gasteiger partial charge in [-0.05, 0) is 23.8 Å². The smallest absolute Gasteiger partial charge is 0.475 e. The molecule has 3 aromatic carbocycles. The molecule has 5 rings (SSSR count). The van der Waals surface area contributed by atoms with E-state index in [1.165, 1.54) is 11.9 Å². The van der Waals surface area contributed by atoms with Gasteiger partial charge in [-0.1, -0.05) is 54.6 Å². The molecule has 9 nitrogen and oxygen atoms in total. The van der Waals surface area contributed by atoms with E-state index in [0.29, 0.717) is 27.7 Å². The number of benzene rings is 3. The van der Waals surface area contributed by atoms with Gasteiger partial charge in [0.2, 0.25) is 0 Å². The number of H-pyrrole nitrogens is 1. The van der Waals surface area contributed by atoms with Crippen LogP contribution in [0.5, 0.6) is 0 Å². The number of aliphatic hydroxyl groups is 1. The first-order chi connectivity index (χ1) is 18.0. The van der Waals surface area contributed by atoms with E-state index in [0.717, 1.165) is 5.56 Å². The predicted molar refractivity (Wildman–Crippen MR) is 129 cm³/mol. The van der Waals surface area contributed by atoms with Crippen LogP contribution in [0.15, 0.2) is 72.8 Å². The molecular formula is C26H21F3N4O5. The summed E-state index contributed by atoms with van der Waals surface area (Å²) in [5.41, 5.74) is 1.96. The Labute approximate surface area is 213 Å². The number of hydrogen-bond acceptors (Lipinski definition) is 5. The van der Waals surface area contributed by atoms with E-state index in [1.807, 2.05) is 36.4 Å². The predicted octanol–water partition coefficient (Wildman–Crippen LogP) is 3.41. The largest absolute Gasteiger partial charge is 0.490 e. The summed E-state index contributed by atoms with van der Waals surface area (Å²) in [6, 6.07) is 21.9. The number of rotatable bonds is 4. The summed E-state index contributed by atoms with van der Waals surface area (Å²) in [7, 11) is 1.53. The number of aliphatic carboxylic acids is 1. The summed E-state index contributed by atoms with van der Waals surface area (Å²) in [6.07, 6.45) is -5.08. The van der Waals surface area contributed by atoms with Gasteiger partial charge in [0.1, 0.15) is 0 Å². The molecule has 1 aliphatic heterocycles. The second-order valence-corrected chi connectivity index (χ2v) is 8.29. The van der Waals surface area contributed by atoms with Crippen molar-refractivity contribution in [2.24, 2.45) is 0 Å². The van der Waals surface area contributed by atoms with Crippen LogP contribution in [0.25, 0.3) is 11.0 Å². The normalized spacial score (nSPS) is 16.6. The van der Waals surface area contributed by atoms with Crippen molar-refractivity contribution in [3.63, 3.8) is 0 Å². The molecule has 2 amide bonds. The molecule has 0 fully saturated rings. The molecule has 1 aromatic heterocycles. The summed E-state index contributed by atoms with van der Waals surface area (Å²) in [5.74, 6) is -3.14. The maximum Gasteiger partial charge on any atom is 0.490 e. The lowest BCUT2D eigenvalue weighted by Gasteiger charge is -2.35. The average molecular weight is 526 g/mol. The van der Waals surface area contributed by atoms with Crippen LogP contribution in [-0.2, 0) is 17.1 Å². The minimum Gasteiger partial charge on any atom is -0.475 e. The lowest BCUT2D eigenvalue weighted by Crippen LogP contribution is -2.44. The number of fused-ring (bicyclic) bond motifs is 2. The van der Waals surface area contributed by atoms with Crippen molar-refractivity contribution < 1.29 is 37.8 Å². The van der Waals surface area contributed by atoms with Gasteiger partial charge in [-0.3, -0.25) is 14.5 Å². The van der Waals surface area contributed by atoms with Gasteiger partial charge in [-0.2, -0.15) is 13.2 Å². The number of aromatic amines is 1. The average Bonchev–Trinajstić information content (AvgIpc) is 3.42. The van der Waals surface area contributed by atoms with Gasteiger partial charge in [0.15, 0.2) is 11.5 Å². The Morgan fingerprint density at radius 1 is 1.05 bits per heavy atom. The van der Waals surface area contributed by atoms with Crippen molar-refractivity contribution in [3.05, 3.63) is 101 Å². The molecule has 4 N–H and O–H groups in total. The first kappa shape index (κ1) is 26.4. The van der Waals surface area contributed by atoms with Gasteiger partial charge in [0, 0.05) is 30.3 Å². The molecule has 1 unspecified atom stereocenters. The van der Waals surface area contributed by atoms with Crippen molar-refractivity contribution in [2.75, 3.05) is 7.05 Å². The summed E-state index contributed by atoms with van der Waals surface area (Å²) in [4.78, 5) is 42.9. The number of carbonyl (C=O) groups is 3. The fraction of sp³-hybridized carbons (Fsp3) is 0.154. The minimum absolute atomic E-state index is 0.186. The summed E-state index contributed by atoms with van der Waals surface area (Å²) in [6.45, 7) is 0.245. The Morgan fingerprint density at radius 3 is 2.32 bits per heavy atom. The first-order valence-electron chi connectivity index (χ1n) is 11.2. The van der Waals surface area contributed by atoms with E-state index in [4.69, 9.17) is 9.90 Å². The van der Waals surface area contributed by atoms with E-state index in [2.05, 4.69) is 15.3 Å². The Morgan fingerprint density at radius 2 is 1.68 bits per heavy atom. The van der Waals surface area contributed by atoms with Crippen LogP contribution in [0.1, 0.15) is 37.7 Å². The number of nitrogens with zero attached hydrogens (tertiary/aromatic N) is 2. The quantitative estimate of drug-likeness (QED) is 0.322. The molecule has 0 spiro atoms. The van der Waals surface area contributed by atoms with Crippen molar-refractivity contribution >= 4 is 28.8 Å². The number of nitrogens with one attached hydrogen (secondary N) is 2. The van der Waals surface area contributed by atoms with E-state index in [-0.39, 0.29) is 24.2 Å². The minimum atomic E-state index is -5.08. The highest BCUT2D eigenvalue weighted by molar-refractivity contribution is 6.00. The zero-order valence-corrected chi connectivity index (χ0v) is 19.8. The highest BCUT2D eigenvalue weighted by Crippen LogP contribution is 2.43. The number of aromatic nitrogens is 2. The third-order valence-corrected chi connectivity index (χ3v) is 5.92. The van der Waals surface area contributed by atoms with E-state index in [1.54, 1.807) is 36.4 Å². The molecule has 38 heavy (non-hydrogen) atoms. The standard InChI is InChI=1S/C24H20N4O3.C2HF3O2/c1-25-22(29)21-26-19-12-11-16(13-20(19)27-21)24(31)18-10-6-5-9-17(18)23(30)28(24)14-15-7-3-2-4-8-15;3-2(4,5)1(6)7/h2-13,31H,14H2,1H3,(H,25,29)(H,26,27);(H,6,7). The molecule has 0 radical (unpaired) electrons. The van der Waals surface area contributed by atoms with Crippen molar-refractivity contribution in [1.82, 2.24) is 20.2 Å². The first-order valence-corrected chi connectivity index (χ1v) is 11.2. The lowest BCUT2D eigenvalue weighted by molar-refractivity contribution is -0.192. The second-order valence-electron chi connectivity index (χ2n) is 8.29. The molecule has 4 aromatic rings.